The summed E-state index contributed by atoms with van der Waals surface area (Å²) in [6.45, 7) is 0. The molecule has 0 saturated heterocycles. The first-order valence-electron chi connectivity index (χ1n) is 5.64. The molecule has 0 amide bonds. The fourth-order valence-corrected chi connectivity index (χ4v) is 2.79. The number of nitrogens with zero attached hydrogens (tertiary/aromatic N) is 2. The molecule has 3 rings (SSSR count). The van der Waals surface area contributed by atoms with Crippen molar-refractivity contribution in [2.45, 2.75) is 0 Å². The summed E-state index contributed by atoms with van der Waals surface area (Å²) >= 11 is 9.33. The highest BCUT2D eigenvalue weighted by atomic mass is 79.9. The molecule has 100 valence electrons. The van der Waals surface area contributed by atoms with Crippen LogP contribution < -0.4 is 0 Å². The predicted octanol–water partition coefficient (Wildman–Crippen LogP) is 4.55. The van der Waals surface area contributed by atoms with Crippen LogP contribution in [0.1, 0.15) is 0 Å². The van der Waals surface area contributed by atoms with Gasteiger partial charge in [0.2, 0.25) is 0 Å². The predicted molar refractivity (Wildman–Crippen MR) is 80.9 cm³/mol. The SMILES string of the molecule is O=[N+]([O-])c1ccc2nc(-c3ccc(Cl)cc3Br)[nH]c2c1. The Morgan fingerprint density at radius 2 is 2.05 bits per heavy atom. The number of halogens is 2. The van der Waals surface area contributed by atoms with Gasteiger partial charge in [-0.05, 0) is 40.2 Å². The molecule has 1 N–H and O–H groups in total. The summed E-state index contributed by atoms with van der Waals surface area (Å²) in [6.07, 6.45) is 0. The summed E-state index contributed by atoms with van der Waals surface area (Å²) in [7, 11) is 0. The minimum atomic E-state index is -0.432. The quantitative estimate of drug-likeness (QED) is 0.543. The molecule has 1 aromatic heterocycles. The zero-order valence-electron chi connectivity index (χ0n) is 9.93. The van der Waals surface area contributed by atoms with Crippen LogP contribution in [-0.2, 0) is 0 Å². The maximum absolute atomic E-state index is 10.8. The average molecular weight is 353 g/mol. The number of H-pyrrole nitrogens is 1. The van der Waals surface area contributed by atoms with Crippen LogP contribution >= 0.6 is 27.5 Å². The highest BCUT2D eigenvalue weighted by molar-refractivity contribution is 9.10. The van der Waals surface area contributed by atoms with Crippen LogP contribution in [0.4, 0.5) is 5.69 Å². The van der Waals surface area contributed by atoms with E-state index in [4.69, 9.17) is 11.6 Å². The van der Waals surface area contributed by atoms with Gasteiger partial charge >= 0.3 is 0 Å². The van der Waals surface area contributed by atoms with E-state index in [1.807, 2.05) is 6.07 Å². The first kappa shape index (κ1) is 13.1. The standard InChI is InChI=1S/C13H7BrClN3O2/c14-10-5-7(15)1-3-9(10)13-16-11-4-2-8(18(19)20)6-12(11)17-13/h1-6H,(H,16,17). The number of hydrogen-bond acceptors (Lipinski definition) is 3. The average Bonchev–Trinajstić information content (AvgIpc) is 2.80. The molecular formula is C13H7BrClN3O2. The summed E-state index contributed by atoms with van der Waals surface area (Å²) < 4.78 is 0.804. The lowest BCUT2D eigenvalue weighted by molar-refractivity contribution is -0.384. The number of benzene rings is 2. The molecule has 3 aromatic rings. The third-order valence-corrected chi connectivity index (χ3v) is 3.75. The number of nitrogens with one attached hydrogen (secondary N) is 1. The van der Waals surface area contributed by atoms with Gasteiger partial charge in [-0.2, -0.15) is 0 Å². The van der Waals surface area contributed by atoms with Gasteiger partial charge in [0.25, 0.3) is 5.69 Å². The smallest absolute Gasteiger partial charge is 0.271 e. The second-order valence-electron chi connectivity index (χ2n) is 4.17. The van der Waals surface area contributed by atoms with Crippen molar-refractivity contribution in [1.29, 1.82) is 0 Å². The molecule has 0 saturated carbocycles. The third-order valence-electron chi connectivity index (χ3n) is 2.86. The first-order valence-corrected chi connectivity index (χ1v) is 6.81. The number of nitro groups is 1. The molecule has 1 heterocycles. The minimum Gasteiger partial charge on any atom is -0.338 e. The normalized spacial score (nSPS) is 10.9. The Bertz CT molecular complexity index is 832. The first-order chi connectivity index (χ1) is 9.54. The third kappa shape index (κ3) is 2.28. The van der Waals surface area contributed by atoms with Gasteiger partial charge in [0.05, 0.1) is 16.0 Å². The molecule has 0 aliphatic heterocycles. The van der Waals surface area contributed by atoms with Crippen molar-refractivity contribution in [3.63, 3.8) is 0 Å². The summed E-state index contributed by atoms with van der Waals surface area (Å²) in [4.78, 5) is 17.8. The van der Waals surface area contributed by atoms with Gasteiger partial charge in [0.15, 0.2) is 0 Å². The Kier molecular flexibility index (Phi) is 3.19. The Hall–Kier alpha value is -1.92. The molecule has 0 aliphatic rings. The van der Waals surface area contributed by atoms with Crippen molar-refractivity contribution in [1.82, 2.24) is 9.97 Å². The van der Waals surface area contributed by atoms with Crippen LogP contribution in [0.3, 0.4) is 0 Å². The van der Waals surface area contributed by atoms with Crippen molar-refractivity contribution in [3.05, 3.63) is 56.0 Å². The summed E-state index contributed by atoms with van der Waals surface area (Å²) in [6, 6.07) is 9.89. The second kappa shape index (κ2) is 4.88. The highest BCUT2D eigenvalue weighted by Gasteiger charge is 2.12. The lowest BCUT2D eigenvalue weighted by atomic mass is 10.2. The number of rotatable bonds is 2. The van der Waals surface area contributed by atoms with Crippen molar-refractivity contribution in [3.8, 4) is 11.4 Å². The van der Waals surface area contributed by atoms with Gasteiger partial charge in [0, 0.05) is 27.2 Å². The van der Waals surface area contributed by atoms with E-state index < -0.39 is 4.92 Å². The molecule has 5 nitrogen and oxygen atoms in total. The van der Waals surface area contributed by atoms with Crippen molar-refractivity contribution < 1.29 is 4.92 Å². The van der Waals surface area contributed by atoms with Gasteiger partial charge in [-0.3, -0.25) is 10.1 Å². The van der Waals surface area contributed by atoms with E-state index in [9.17, 15) is 10.1 Å². The maximum atomic E-state index is 10.8. The minimum absolute atomic E-state index is 0.0304. The van der Waals surface area contributed by atoms with E-state index in [1.165, 1.54) is 12.1 Å². The van der Waals surface area contributed by atoms with Crippen LogP contribution in [0.2, 0.25) is 5.02 Å². The monoisotopic (exact) mass is 351 g/mol. The number of imidazole rings is 1. The fourth-order valence-electron chi connectivity index (χ4n) is 1.92. The molecule has 0 radical (unpaired) electrons. The Labute approximate surface area is 126 Å². The number of fused-ring (bicyclic) bond motifs is 1. The van der Waals surface area contributed by atoms with Crippen LogP contribution in [0, 0.1) is 10.1 Å². The van der Waals surface area contributed by atoms with Gasteiger partial charge < -0.3 is 4.98 Å². The number of aromatic nitrogens is 2. The zero-order chi connectivity index (χ0) is 14.3. The molecule has 0 aliphatic carbocycles. The Morgan fingerprint density at radius 3 is 2.75 bits per heavy atom. The number of nitro benzene ring substituents is 1. The molecule has 0 atom stereocenters. The number of non-ortho nitro benzene ring substituents is 1. The second-order valence-corrected chi connectivity index (χ2v) is 5.46. The molecule has 0 bridgehead atoms. The molecule has 2 aromatic carbocycles. The highest BCUT2D eigenvalue weighted by Crippen LogP contribution is 2.30. The fraction of sp³-hybridized carbons (Fsp3) is 0. The largest absolute Gasteiger partial charge is 0.338 e. The van der Waals surface area contributed by atoms with E-state index in [-0.39, 0.29) is 5.69 Å². The molecule has 0 spiro atoms. The van der Waals surface area contributed by atoms with Crippen molar-refractivity contribution >= 4 is 44.3 Å². The lowest BCUT2D eigenvalue weighted by Gasteiger charge is -2.00. The molecule has 0 fully saturated rings. The van der Waals surface area contributed by atoms with Crippen LogP contribution in [0.15, 0.2) is 40.9 Å². The van der Waals surface area contributed by atoms with E-state index in [1.54, 1.807) is 18.2 Å². The summed E-state index contributed by atoms with van der Waals surface area (Å²) in [5, 5.41) is 11.4. The van der Waals surface area contributed by atoms with Gasteiger partial charge in [0.1, 0.15) is 5.82 Å². The zero-order valence-corrected chi connectivity index (χ0v) is 12.3. The molecule has 20 heavy (non-hydrogen) atoms. The topological polar surface area (TPSA) is 71.8 Å². The number of hydrogen-bond donors (Lipinski definition) is 1. The Balaban J connectivity index is 2.15. The van der Waals surface area contributed by atoms with E-state index in [0.29, 0.717) is 21.9 Å². The molecule has 0 unspecified atom stereocenters. The summed E-state index contributed by atoms with van der Waals surface area (Å²) in [5.41, 5.74) is 2.17. The van der Waals surface area contributed by atoms with E-state index in [2.05, 4.69) is 25.9 Å². The van der Waals surface area contributed by atoms with Crippen LogP contribution in [-0.4, -0.2) is 14.9 Å². The van der Waals surface area contributed by atoms with Gasteiger partial charge in [-0.15, -0.1) is 0 Å². The number of aromatic amines is 1. The van der Waals surface area contributed by atoms with Crippen molar-refractivity contribution in [2.24, 2.45) is 0 Å². The molecule has 7 heteroatoms. The van der Waals surface area contributed by atoms with Gasteiger partial charge in [-0.25, -0.2) is 4.98 Å². The van der Waals surface area contributed by atoms with Crippen LogP contribution in [0.25, 0.3) is 22.4 Å². The summed E-state index contributed by atoms with van der Waals surface area (Å²) in [5.74, 6) is 0.629. The van der Waals surface area contributed by atoms with Crippen LogP contribution in [0.5, 0.6) is 0 Å². The Morgan fingerprint density at radius 1 is 1.25 bits per heavy atom. The molecular weight excluding hydrogens is 346 g/mol. The lowest BCUT2D eigenvalue weighted by Crippen LogP contribution is -1.86. The van der Waals surface area contributed by atoms with Crippen molar-refractivity contribution in [2.75, 3.05) is 0 Å². The van der Waals surface area contributed by atoms with E-state index in [0.717, 1.165) is 10.0 Å². The maximum Gasteiger partial charge on any atom is 0.271 e. The van der Waals surface area contributed by atoms with Gasteiger partial charge in [-0.1, -0.05) is 11.6 Å². The van der Waals surface area contributed by atoms with E-state index >= 15 is 0 Å².